The Hall–Kier alpha value is -2.69. The minimum Gasteiger partial charge on any atom is -0.350 e. The van der Waals surface area contributed by atoms with Crippen LogP contribution in [0.3, 0.4) is 0 Å². The van der Waals surface area contributed by atoms with Crippen LogP contribution in [0.1, 0.15) is 36.5 Å². The third kappa shape index (κ3) is 3.15. The van der Waals surface area contributed by atoms with Gasteiger partial charge in [-0.2, -0.15) is 0 Å². The number of benzene rings is 1. The maximum Gasteiger partial charge on any atom is 0.250 e. The molecule has 1 heterocycles. The quantitative estimate of drug-likeness (QED) is 0.905. The molecule has 1 aliphatic rings. The number of carbonyl (C=O) groups excluding carboxylic acids is 2. The van der Waals surface area contributed by atoms with Crippen LogP contribution in [0.2, 0.25) is 0 Å². The molecule has 0 saturated carbocycles. The second-order valence-electron chi connectivity index (χ2n) is 6.14. The second kappa shape index (κ2) is 6.83. The first-order chi connectivity index (χ1) is 11.6. The molecule has 0 saturated heterocycles. The molecule has 3 rings (SSSR count). The number of aromatic nitrogens is 1. The van der Waals surface area contributed by atoms with Gasteiger partial charge in [-0.05, 0) is 42.0 Å². The molecule has 0 spiro atoms. The zero-order chi connectivity index (χ0) is 17.0. The summed E-state index contributed by atoms with van der Waals surface area (Å²) in [6.45, 7) is 1.84. The third-order valence-electron chi connectivity index (χ3n) is 4.43. The summed E-state index contributed by atoms with van der Waals surface area (Å²) in [7, 11) is 0. The highest BCUT2D eigenvalue weighted by Gasteiger charge is 2.43. The molecule has 5 heteroatoms. The molecular formula is C19H21N3O2. The van der Waals surface area contributed by atoms with Crippen LogP contribution in [0, 0.1) is 0 Å². The summed E-state index contributed by atoms with van der Waals surface area (Å²) in [5.74, 6) is -0.378. The topological polar surface area (TPSA) is 71.1 Å². The molecule has 0 aliphatic heterocycles. The Morgan fingerprint density at radius 3 is 2.79 bits per heavy atom. The molecule has 1 aromatic carbocycles. The Morgan fingerprint density at radius 2 is 2.04 bits per heavy atom. The lowest BCUT2D eigenvalue weighted by molar-refractivity contribution is -0.134. The van der Waals surface area contributed by atoms with Gasteiger partial charge in [0.25, 0.3) is 5.91 Å². The van der Waals surface area contributed by atoms with Crippen LogP contribution in [-0.4, -0.2) is 16.8 Å². The number of amides is 2. The van der Waals surface area contributed by atoms with Crippen molar-refractivity contribution >= 4 is 11.8 Å². The van der Waals surface area contributed by atoms with E-state index in [9.17, 15) is 9.59 Å². The number of carbonyl (C=O) groups is 2. The van der Waals surface area contributed by atoms with Crippen LogP contribution in [0.15, 0.2) is 48.8 Å². The SMILES string of the molecule is CC(=O)N[C@@]1(C(=O)NCc2cccnc2)CCCc2ccccc21. The first-order valence-electron chi connectivity index (χ1n) is 8.16. The van der Waals surface area contributed by atoms with Crippen LogP contribution < -0.4 is 10.6 Å². The van der Waals surface area contributed by atoms with Crippen molar-refractivity contribution < 1.29 is 9.59 Å². The van der Waals surface area contributed by atoms with Crippen molar-refractivity contribution in [2.24, 2.45) is 0 Å². The lowest BCUT2D eigenvalue weighted by Gasteiger charge is -2.38. The molecule has 1 atom stereocenters. The molecule has 24 heavy (non-hydrogen) atoms. The lowest BCUT2D eigenvalue weighted by Crippen LogP contribution is -2.57. The molecule has 5 nitrogen and oxygen atoms in total. The fourth-order valence-corrected chi connectivity index (χ4v) is 3.39. The number of aryl methyl sites for hydroxylation is 1. The average molecular weight is 323 g/mol. The Kier molecular flexibility index (Phi) is 4.60. The van der Waals surface area contributed by atoms with Crippen LogP contribution in [-0.2, 0) is 28.1 Å². The molecule has 0 unspecified atom stereocenters. The zero-order valence-electron chi connectivity index (χ0n) is 13.7. The first kappa shape index (κ1) is 16.2. The van der Waals surface area contributed by atoms with Gasteiger partial charge in [0.05, 0.1) is 0 Å². The number of hydrogen-bond acceptors (Lipinski definition) is 3. The minimum absolute atomic E-state index is 0.172. The number of hydrogen-bond donors (Lipinski definition) is 2. The molecule has 2 aromatic rings. The maximum absolute atomic E-state index is 13.0. The van der Waals surface area contributed by atoms with Gasteiger partial charge < -0.3 is 10.6 Å². The van der Waals surface area contributed by atoms with E-state index in [1.807, 2.05) is 36.4 Å². The summed E-state index contributed by atoms with van der Waals surface area (Å²) in [5.41, 5.74) is 1.94. The van der Waals surface area contributed by atoms with Gasteiger partial charge >= 0.3 is 0 Å². The molecule has 0 bridgehead atoms. The van der Waals surface area contributed by atoms with E-state index in [-0.39, 0.29) is 11.8 Å². The van der Waals surface area contributed by atoms with Crippen molar-refractivity contribution in [2.75, 3.05) is 0 Å². The molecule has 2 N–H and O–H groups in total. The monoisotopic (exact) mass is 323 g/mol. The Bertz CT molecular complexity index is 745. The van der Waals surface area contributed by atoms with Gasteiger partial charge in [0.1, 0.15) is 5.54 Å². The van der Waals surface area contributed by atoms with Gasteiger partial charge in [0, 0.05) is 25.9 Å². The Balaban J connectivity index is 1.89. The fourth-order valence-electron chi connectivity index (χ4n) is 3.39. The Labute approximate surface area is 141 Å². The molecule has 2 amide bonds. The maximum atomic E-state index is 13.0. The molecule has 1 aromatic heterocycles. The summed E-state index contributed by atoms with van der Waals surface area (Å²) in [6.07, 6.45) is 5.80. The van der Waals surface area contributed by atoms with Gasteiger partial charge in [0.2, 0.25) is 5.91 Å². The van der Waals surface area contributed by atoms with E-state index >= 15 is 0 Å². The van der Waals surface area contributed by atoms with E-state index < -0.39 is 5.54 Å². The highest BCUT2D eigenvalue weighted by molar-refractivity contribution is 5.92. The largest absolute Gasteiger partial charge is 0.350 e. The lowest BCUT2D eigenvalue weighted by atomic mass is 9.75. The fraction of sp³-hybridized carbons (Fsp3) is 0.316. The van der Waals surface area contributed by atoms with Gasteiger partial charge in [-0.3, -0.25) is 14.6 Å². The summed E-state index contributed by atoms with van der Waals surface area (Å²) >= 11 is 0. The van der Waals surface area contributed by atoms with Gasteiger partial charge in [-0.25, -0.2) is 0 Å². The van der Waals surface area contributed by atoms with E-state index in [4.69, 9.17) is 0 Å². The molecule has 1 aliphatic carbocycles. The van der Waals surface area contributed by atoms with Crippen molar-refractivity contribution in [3.63, 3.8) is 0 Å². The van der Waals surface area contributed by atoms with E-state index in [1.165, 1.54) is 6.92 Å². The minimum atomic E-state index is -0.997. The third-order valence-corrected chi connectivity index (χ3v) is 4.43. The highest BCUT2D eigenvalue weighted by Crippen LogP contribution is 2.35. The first-order valence-corrected chi connectivity index (χ1v) is 8.16. The number of nitrogens with zero attached hydrogens (tertiary/aromatic N) is 1. The highest BCUT2D eigenvalue weighted by atomic mass is 16.2. The van der Waals surface area contributed by atoms with Crippen molar-refractivity contribution in [1.82, 2.24) is 15.6 Å². The van der Waals surface area contributed by atoms with E-state index in [0.717, 1.165) is 29.5 Å². The van der Waals surface area contributed by atoms with Gasteiger partial charge in [-0.15, -0.1) is 0 Å². The summed E-state index contributed by atoms with van der Waals surface area (Å²) in [5, 5.41) is 5.88. The van der Waals surface area contributed by atoms with Crippen molar-refractivity contribution in [3.05, 3.63) is 65.5 Å². The van der Waals surface area contributed by atoms with Crippen molar-refractivity contribution in [2.45, 2.75) is 38.3 Å². The van der Waals surface area contributed by atoms with Gasteiger partial charge in [-0.1, -0.05) is 30.3 Å². The number of rotatable bonds is 4. The number of pyridine rings is 1. The zero-order valence-corrected chi connectivity index (χ0v) is 13.7. The summed E-state index contributed by atoms with van der Waals surface area (Å²) in [6, 6.07) is 11.6. The molecule has 0 radical (unpaired) electrons. The van der Waals surface area contributed by atoms with Crippen LogP contribution in [0.4, 0.5) is 0 Å². The predicted octanol–water partition coefficient (Wildman–Crippen LogP) is 2.07. The van der Waals surface area contributed by atoms with E-state index in [1.54, 1.807) is 12.4 Å². The second-order valence-corrected chi connectivity index (χ2v) is 6.14. The summed E-state index contributed by atoms with van der Waals surface area (Å²) < 4.78 is 0. The van der Waals surface area contributed by atoms with E-state index in [2.05, 4.69) is 15.6 Å². The molecule has 124 valence electrons. The molecular weight excluding hydrogens is 302 g/mol. The molecule has 0 fully saturated rings. The average Bonchev–Trinajstić information content (AvgIpc) is 2.60. The number of fused-ring (bicyclic) bond motifs is 1. The van der Waals surface area contributed by atoms with Gasteiger partial charge in [0.15, 0.2) is 0 Å². The van der Waals surface area contributed by atoms with Crippen molar-refractivity contribution in [1.29, 1.82) is 0 Å². The standard InChI is InChI=1S/C19H21N3O2/c1-14(23)22-19(10-4-8-16-7-2-3-9-17(16)19)18(24)21-13-15-6-5-11-20-12-15/h2-3,5-7,9,11-12H,4,8,10,13H2,1H3,(H,21,24)(H,22,23)/t19-/m0/s1. The van der Waals surface area contributed by atoms with Crippen molar-refractivity contribution in [3.8, 4) is 0 Å². The van der Waals surface area contributed by atoms with Crippen LogP contribution in [0.5, 0.6) is 0 Å². The normalized spacial score (nSPS) is 19.2. The smallest absolute Gasteiger partial charge is 0.250 e. The predicted molar refractivity (Wildman–Crippen MR) is 91.0 cm³/mol. The summed E-state index contributed by atoms with van der Waals surface area (Å²) in [4.78, 5) is 28.9. The van der Waals surface area contributed by atoms with E-state index in [0.29, 0.717) is 13.0 Å². The van der Waals surface area contributed by atoms with Crippen LogP contribution >= 0.6 is 0 Å². The Morgan fingerprint density at radius 1 is 1.21 bits per heavy atom. The number of nitrogens with one attached hydrogen (secondary N) is 2. The van der Waals surface area contributed by atoms with Crippen LogP contribution in [0.25, 0.3) is 0 Å².